The van der Waals surface area contributed by atoms with Crippen LogP contribution >= 0.6 is 23.6 Å². The first-order chi connectivity index (χ1) is 12.0. The number of nitrogens with one attached hydrogen (secondary N) is 1. The molecule has 0 spiro atoms. The molecule has 0 unspecified atom stereocenters. The topological polar surface area (TPSA) is 33.1 Å². The molecule has 1 heterocycles. The highest BCUT2D eigenvalue weighted by Crippen LogP contribution is 2.22. The molecule has 3 aromatic rings. The molecule has 0 aliphatic heterocycles. The number of aromatic nitrogens is 2. The molecule has 1 aromatic heterocycles. The smallest absolute Gasteiger partial charge is 0.209 e. The number of benzene rings is 2. The van der Waals surface area contributed by atoms with Gasteiger partial charge in [-0.05, 0) is 61.9 Å². The van der Waals surface area contributed by atoms with E-state index in [2.05, 4.69) is 78.7 Å². The number of nitrogens with zero attached hydrogens (tertiary/aromatic N) is 3. The van der Waals surface area contributed by atoms with E-state index < -0.39 is 0 Å². The van der Waals surface area contributed by atoms with E-state index >= 15 is 0 Å². The first kappa shape index (κ1) is 17.8. The number of hydrogen-bond donors (Lipinski definition) is 1. The quantitative estimate of drug-likeness (QED) is 0.610. The lowest BCUT2D eigenvalue weighted by Gasteiger charge is -2.16. The van der Waals surface area contributed by atoms with Gasteiger partial charge in [-0.2, -0.15) is 0 Å². The largest absolute Gasteiger partial charge is 0.330 e. The zero-order chi connectivity index (χ0) is 17.8. The van der Waals surface area contributed by atoms with Crippen LogP contribution in [0.25, 0.3) is 0 Å². The normalized spacial score (nSPS) is 11.0. The first-order valence-corrected chi connectivity index (χ1v) is 9.38. The lowest BCUT2D eigenvalue weighted by molar-refractivity contribution is 0.245. The molecule has 0 amide bonds. The fourth-order valence-electron chi connectivity index (χ4n) is 2.56. The third kappa shape index (κ3) is 4.75. The number of anilines is 2. The molecule has 0 fully saturated rings. The van der Waals surface area contributed by atoms with E-state index in [1.807, 2.05) is 10.7 Å². The highest BCUT2D eigenvalue weighted by atomic mass is 32.1. The third-order valence-electron chi connectivity index (χ3n) is 4.04. The van der Waals surface area contributed by atoms with Crippen LogP contribution in [0.4, 0.5) is 10.8 Å². The molecular formula is C19H22N4S2. The maximum absolute atomic E-state index is 5.47. The molecule has 3 rings (SSSR count). The van der Waals surface area contributed by atoms with Crippen molar-refractivity contribution in [3.63, 3.8) is 0 Å². The van der Waals surface area contributed by atoms with Crippen LogP contribution in [0.15, 0.2) is 48.5 Å². The Morgan fingerprint density at radius 2 is 1.88 bits per heavy atom. The average Bonchev–Trinajstić information content (AvgIpc) is 2.91. The van der Waals surface area contributed by atoms with Crippen LogP contribution in [0.3, 0.4) is 0 Å². The lowest BCUT2D eigenvalue weighted by atomic mass is 10.1. The summed E-state index contributed by atoms with van der Waals surface area (Å²) in [4.78, 5) is 2.20. The van der Waals surface area contributed by atoms with Crippen LogP contribution in [-0.2, 0) is 13.2 Å². The SMILES string of the molecule is Cc1ccc(Nc2nn(CN(C)Cc3ccccc3)c(=S)s2)cc1C. The Hall–Kier alpha value is -2.02. The molecule has 2 aromatic carbocycles. The molecule has 6 heteroatoms. The molecule has 130 valence electrons. The van der Waals surface area contributed by atoms with E-state index in [1.165, 1.54) is 28.0 Å². The summed E-state index contributed by atoms with van der Waals surface area (Å²) in [5.74, 6) is 0. The minimum Gasteiger partial charge on any atom is -0.330 e. The Kier molecular flexibility index (Phi) is 5.63. The van der Waals surface area contributed by atoms with Crippen molar-refractivity contribution in [2.24, 2.45) is 0 Å². The van der Waals surface area contributed by atoms with Crippen LogP contribution in [0.2, 0.25) is 0 Å². The van der Waals surface area contributed by atoms with Gasteiger partial charge in [-0.1, -0.05) is 47.7 Å². The summed E-state index contributed by atoms with van der Waals surface area (Å²) in [6.45, 7) is 5.75. The molecule has 0 bridgehead atoms. The van der Waals surface area contributed by atoms with E-state index in [0.29, 0.717) is 6.67 Å². The summed E-state index contributed by atoms with van der Waals surface area (Å²) in [5.41, 5.74) is 4.86. The molecule has 1 N–H and O–H groups in total. The summed E-state index contributed by atoms with van der Waals surface area (Å²) in [6, 6.07) is 16.7. The molecule has 0 saturated heterocycles. The minimum atomic E-state index is 0.666. The lowest BCUT2D eigenvalue weighted by Crippen LogP contribution is -2.22. The summed E-state index contributed by atoms with van der Waals surface area (Å²) < 4.78 is 2.64. The van der Waals surface area contributed by atoms with Gasteiger partial charge in [-0.3, -0.25) is 4.90 Å². The summed E-state index contributed by atoms with van der Waals surface area (Å²) >= 11 is 6.97. The summed E-state index contributed by atoms with van der Waals surface area (Å²) in [5, 5.41) is 8.80. The Labute approximate surface area is 157 Å². The molecule has 0 aliphatic rings. The Bertz CT molecular complexity index is 899. The second kappa shape index (κ2) is 7.91. The molecule has 4 nitrogen and oxygen atoms in total. The van der Waals surface area contributed by atoms with Crippen molar-refractivity contribution in [2.75, 3.05) is 12.4 Å². The Balaban J connectivity index is 1.67. The van der Waals surface area contributed by atoms with Gasteiger partial charge in [0.15, 0.2) is 3.95 Å². The Morgan fingerprint density at radius 3 is 2.60 bits per heavy atom. The highest BCUT2D eigenvalue weighted by molar-refractivity contribution is 7.73. The van der Waals surface area contributed by atoms with Crippen molar-refractivity contribution in [3.05, 3.63) is 69.2 Å². The van der Waals surface area contributed by atoms with Gasteiger partial charge in [0.25, 0.3) is 0 Å². The van der Waals surface area contributed by atoms with E-state index in [4.69, 9.17) is 12.2 Å². The number of rotatable bonds is 6. The maximum atomic E-state index is 5.47. The van der Waals surface area contributed by atoms with Gasteiger partial charge >= 0.3 is 0 Å². The average molecular weight is 371 g/mol. The molecule has 0 radical (unpaired) electrons. The second-order valence-corrected chi connectivity index (χ2v) is 7.86. The van der Waals surface area contributed by atoms with Crippen LogP contribution < -0.4 is 5.32 Å². The standard InChI is InChI=1S/C19H22N4S2/c1-14-9-10-17(11-15(14)2)20-18-21-23(19(24)25-18)13-22(3)12-16-7-5-4-6-8-16/h4-11H,12-13H2,1-3H3,(H,20,21). The van der Waals surface area contributed by atoms with E-state index in [-0.39, 0.29) is 0 Å². The molecule has 0 aliphatic carbocycles. The molecular weight excluding hydrogens is 348 g/mol. The van der Waals surface area contributed by atoms with Crippen molar-refractivity contribution >= 4 is 34.4 Å². The second-order valence-electron chi connectivity index (χ2n) is 6.24. The van der Waals surface area contributed by atoms with Crippen LogP contribution in [-0.4, -0.2) is 21.7 Å². The monoisotopic (exact) mass is 370 g/mol. The van der Waals surface area contributed by atoms with Gasteiger partial charge in [0, 0.05) is 12.2 Å². The van der Waals surface area contributed by atoms with Gasteiger partial charge in [0.2, 0.25) is 5.13 Å². The Morgan fingerprint density at radius 1 is 1.12 bits per heavy atom. The van der Waals surface area contributed by atoms with Crippen molar-refractivity contribution in [2.45, 2.75) is 27.1 Å². The van der Waals surface area contributed by atoms with Crippen molar-refractivity contribution in [1.29, 1.82) is 0 Å². The van der Waals surface area contributed by atoms with E-state index in [1.54, 1.807) is 0 Å². The van der Waals surface area contributed by atoms with E-state index in [0.717, 1.165) is 21.3 Å². The molecule has 0 atom stereocenters. The van der Waals surface area contributed by atoms with Gasteiger partial charge in [0.1, 0.15) is 0 Å². The zero-order valence-corrected chi connectivity index (χ0v) is 16.3. The van der Waals surface area contributed by atoms with Crippen LogP contribution in [0.1, 0.15) is 16.7 Å². The summed E-state index contributed by atoms with van der Waals surface area (Å²) in [6.07, 6.45) is 0. The fraction of sp³-hybridized carbons (Fsp3) is 0.263. The maximum Gasteiger partial charge on any atom is 0.209 e. The number of aryl methyl sites for hydroxylation is 2. The van der Waals surface area contributed by atoms with Crippen molar-refractivity contribution in [1.82, 2.24) is 14.7 Å². The van der Waals surface area contributed by atoms with Gasteiger partial charge in [0.05, 0.1) is 6.67 Å². The highest BCUT2D eigenvalue weighted by Gasteiger charge is 2.08. The van der Waals surface area contributed by atoms with Crippen LogP contribution in [0, 0.1) is 17.8 Å². The third-order valence-corrected chi connectivity index (χ3v) is 5.26. The predicted molar refractivity (Wildman–Crippen MR) is 108 cm³/mol. The zero-order valence-electron chi connectivity index (χ0n) is 14.7. The van der Waals surface area contributed by atoms with Crippen molar-refractivity contribution in [3.8, 4) is 0 Å². The minimum absolute atomic E-state index is 0.666. The number of hydrogen-bond acceptors (Lipinski definition) is 5. The molecule has 0 saturated carbocycles. The first-order valence-electron chi connectivity index (χ1n) is 8.16. The summed E-state index contributed by atoms with van der Waals surface area (Å²) in [7, 11) is 2.07. The van der Waals surface area contributed by atoms with Gasteiger partial charge in [-0.15, -0.1) is 5.10 Å². The van der Waals surface area contributed by atoms with Gasteiger partial charge in [-0.25, -0.2) is 4.68 Å². The van der Waals surface area contributed by atoms with E-state index in [9.17, 15) is 0 Å². The predicted octanol–water partition coefficient (Wildman–Crippen LogP) is 5.12. The van der Waals surface area contributed by atoms with Gasteiger partial charge < -0.3 is 5.32 Å². The molecule has 25 heavy (non-hydrogen) atoms. The van der Waals surface area contributed by atoms with Crippen molar-refractivity contribution < 1.29 is 0 Å². The van der Waals surface area contributed by atoms with Crippen LogP contribution in [0.5, 0.6) is 0 Å². The fourth-order valence-corrected chi connectivity index (χ4v) is 3.58.